The van der Waals surface area contributed by atoms with Crippen LogP contribution in [0.25, 0.3) is 11.0 Å². The van der Waals surface area contributed by atoms with Crippen molar-refractivity contribution in [3.05, 3.63) is 40.2 Å². The average Bonchev–Trinajstić information content (AvgIpc) is 2.41. The van der Waals surface area contributed by atoms with Gasteiger partial charge in [-0.2, -0.15) is 0 Å². The summed E-state index contributed by atoms with van der Waals surface area (Å²) in [6.07, 6.45) is 0.804. The van der Waals surface area contributed by atoms with E-state index in [2.05, 4.69) is 18.7 Å². The number of fused-ring (bicyclic) bond motifs is 1. The summed E-state index contributed by atoms with van der Waals surface area (Å²) in [5.74, 6) is 0. The smallest absolute Gasteiger partial charge is 0.339 e. The Balaban J connectivity index is 2.52. The molecule has 0 aliphatic rings. The second-order valence-electron chi connectivity index (χ2n) is 4.32. The zero-order valence-corrected chi connectivity index (χ0v) is 11.2. The molecule has 0 spiro atoms. The van der Waals surface area contributed by atoms with Gasteiger partial charge in [-0.1, -0.05) is 0 Å². The molecule has 0 atom stereocenters. The van der Waals surface area contributed by atoms with Gasteiger partial charge in [-0.3, -0.25) is 0 Å². The zero-order valence-electron chi connectivity index (χ0n) is 11.2. The molecule has 0 saturated heterocycles. The summed E-state index contributed by atoms with van der Waals surface area (Å²) in [6.45, 7) is 5.96. The molecule has 0 unspecified atom stereocenters. The van der Waals surface area contributed by atoms with Crippen molar-refractivity contribution in [2.45, 2.75) is 20.3 Å². The fourth-order valence-corrected chi connectivity index (χ4v) is 2.16. The second kappa shape index (κ2) is 5.69. The summed E-state index contributed by atoms with van der Waals surface area (Å²) in [6, 6.07) is 7.51. The number of aldehydes is 1. The van der Waals surface area contributed by atoms with Crippen molar-refractivity contribution in [2.75, 3.05) is 18.0 Å². The number of hydrogen-bond acceptors (Lipinski definition) is 4. The van der Waals surface area contributed by atoms with Crippen molar-refractivity contribution in [3.63, 3.8) is 0 Å². The van der Waals surface area contributed by atoms with E-state index in [1.807, 2.05) is 18.2 Å². The molecule has 0 aliphatic carbocycles. The van der Waals surface area contributed by atoms with Gasteiger partial charge in [0.25, 0.3) is 0 Å². The Labute approximate surface area is 111 Å². The maximum absolute atomic E-state index is 11.7. The standard InChI is InChI=1S/C15H17NO3/c1-3-16(4-2)13-6-5-11-9-12(7-8-17)15(18)19-14(11)10-13/h5-6,8-10H,3-4,7H2,1-2H3. The topological polar surface area (TPSA) is 50.5 Å². The fraction of sp³-hybridized carbons (Fsp3) is 0.333. The molecular formula is C15H17NO3. The lowest BCUT2D eigenvalue weighted by molar-refractivity contribution is -0.107. The molecule has 0 amide bonds. The largest absolute Gasteiger partial charge is 0.422 e. The van der Waals surface area contributed by atoms with Crippen LogP contribution in [0, 0.1) is 0 Å². The lowest BCUT2D eigenvalue weighted by atomic mass is 10.1. The van der Waals surface area contributed by atoms with E-state index in [0.717, 1.165) is 24.2 Å². The Kier molecular flexibility index (Phi) is 4.00. The van der Waals surface area contributed by atoms with Gasteiger partial charge in [0.05, 0.1) is 0 Å². The van der Waals surface area contributed by atoms with Gasteiger partial charge < -0.3 is 14.1 Å². The summed E-state index contributed by atoms with van der Waals surface area (Å²) in [4.78, 5) is 24.4. The van der Waals surface area contributed by atoms with Crippen LogP contribution in [-0.4, -0.2) is 19.4 Å². The van der Waals surface area contributed by atoms with Crippen molar-refractivity contribution in [1.82, 2.24) is 0 Å². The molecule has 0 saturated carbocycles. The van der Waals surface area contributed by atoms with E-state index in [1.165, 1.54) is 0 Å². The molecule has 19 heavy (non-hydrogen) atoms. The highest BCUT2D eigenvalue weighted by molar-refractivity contribution is 5.81. The fourth-order valence-electron chi connectivity index (χ4n) is 2.16. The third kappa shape index (κ3) is 2.67. The summed E-state index contributed by atoms with van der Waals surface area (Å²) < 4.78 is 5.28. The SMILES string of the molecule is CCN(CC)c1ccc2cc(CC=O)c(=O)oc2c1. The van der Waals surface area contributed by atoms with Crippen molar-refractivity contribution in [2.24, 2.45) is 0 Å². The molecule has 0 bridgehead atoms. The molecule has 4 heteroatoms. The Bertz CT molecular complexity index is 641. The van der Waals surface area contributed by atoms with Crippen molar-refractivity contribution >= 4 is 22.9 Å². The Morgan fingerprint density at radius 1 is 1.21 bits per heavy atom. The number of nitrogens with zero attached hydrogens (tertiary/aromatic N) is 1. The first-order valence-electron chi connectivity index (χ1n) is 6.45. The van der Waals surface area contributed by atoms with Crippen LogP contribution in [0.5, 0.6) is 0 Å². The van der Waals surface area contributed by atoms with Gasteiger partial charge in [0.1, 0.15) is 11.9 Å². The first-order valence-corrected chi connectivity index (χ1v) is 6.45. The van der Waals surface area contributed by atoms with Gasteiger partial charge in [0.2, 0.25) is 0 Å². The second-order valence-corrected chi connectivity index (χ2v) is 4.32. The van der Waals surface area contributed by atoms with Gasteiger partial charge in [-0.25, -0.2) is 4.79 Å². The lowest BCUT2D eigenvalue weighted by Crippen LogP contribution is -2.21. The van der Waals surface area contributed by atoms with Gasteiger partial charge in [-0.15, -0.1) is 0 Å². The van der Waals surface area contributed by atoms with Crippen LogP contribution in [-0.2, 0) is 11.2 Å². The maximum Gasteiger partial charge on any atom is 0.339 e. The molecule has 2 rings (SSSR count). The number of carbonyl (C=O) groups excluding carboxylic acids is 1. The lowest BCUT2D eigenvalue weighted by Gasteiger charge is -2.20. The minimum Gasteiger partial charge on any atom is -0.422 e. The molecule has 2 aromatic rings. The van der Waals surface area contributed by atoms with E-state index in [-0.39, 0.29) is 6.42 Å². The molecule has 0 radical (unpaired) electrons. The summed E-state index contributed by atoms with van der Waals surface area (Å²) in [7, 11) is 0. The van der Waals surface area contributed by atoms with Crippen LogP contribution in [0.3, 0.4) is 0 Å². The zero-order chi connectivity index (χ0) is 13.8. The van der Waals surface area contributed by atoms with Gasteiger partial charge in [0.15, 0.2) is 0 Å². The maximum atomic E-state index is 11.7. The predicted octanol–water partition coefficient (Wildman–Crippen LogP) is 2.38. The van der Waals surface area contributed by atoms with E-state index in [0.29, 0.717) is 17.4 Å². The highest BCUT2D eigenvalue weighted by Gasteiger charge is 2.08. The predicted molar refractivity (Wildman–Crippen MR) is 75.8 cm³/mol. The number of carbonyl (C=O) groups is 1. The van der Waals surface area contributed by atoms with E-state index < -0.39 is 5.63 Å². The molecule has 100 valence electrons. The number of hydrogen-bond donors (Lipinski definition) is 0. The van der Waals surface area contributed by atoms with Gasteiger partial charge in [0, 0.05) is 42.2 Å². The van der Waals surface area contributed by atoms with Crippen LogP contribution in [0.2, 0.25) is 0 Å². The normalized spacial score (nSPS) is 10.6. The summed E-state index contributed by atoms with van der Waals surface area (Å²) in [5, 5.41) is 0.840. The molecule has 0 N–H and O–H groups in total. The van der Waals surface area contributed by atoms with E-state index in [1.54, 1.807) is 6.07 Å². The highest BCUT2D eigenvalue weighted by Crippen LogP contribution is 2.21. The quantitative estimate of drug-likeness (QED) is 0.611. The Morgan fingerprint density at radius 2 is 1.95 bits per heavy atom. The Hall–Kier alpha value is -2.10. The molecule has 0 aliphatic heterocycles. The molecular weight excluding hydrogens is 242 g/mol. The van der Waals surface area contributed by atoms with Crippen molar-refractivity contribution in [3.8, 4) is 0 Å². The third-order valence-corrected chi connectivity index (χ3v) is 3.22. The first kappa shape index (κ1) is 13.3. The van der Waals surface area contributed by atoms with Crippen LogP contribution < -0.4 is 10.5 Å². The summed E-state index contributed by atoms with van der Waals surface area (Å²) >= 11 is 0. The van der Waals surface area contributed by atoms with Crippen molar-refractivity contribution < 1.29 is 9.21 Å². The van der Waals surface area contributed by atoms with E-state index >= 15 is 0 Å². The van der Waals surface area contributed by atoms with Gasteiger partial charge in [-0.05, 0) is 32.0 Å². The molecule has 1 aromatic heterocycles. The van der Waals surface area contributed by atoms with Crippen LogP contribution in [0.1, 0.15) is 19.4 Å². The first-order chi connectivity index (χ1) is 9.19. The molecule has 1 heterocycles. The van der Waals surface area contributed by atoms with E-state index in [4.69, 9.17) is 4.42 Å². The van der Waals surface area contributed by atoms with Crippen LogP contribution in [0.4, 0.5) is 5.69 Å². The highest BCUT2D eigenvalue weighted by atomic mass is 16.4. The van der Waals surface area contributed by atoms with Crippen LogP contribution in [0.15, 0.2) is 33.5 Å². The Morgan fingerprint density at radius 3 is 2.58 bits per heavy atom. The summed E-state index contributed by atoms with van der Waals surface area (Å²) in [5.41, 5.74) is 1.56. The number of rotatable bonds is 5. The monoisotopic (exact) mass is 259 g/mol. The molecule has 1 aromatic carbocycles. The third-order valence-electron chi connectivity index (χ3n) is 3.22. The van der Waals surface area contributed by atoms with E-state index in [9.17, 15) is 9.59 Å². The van der Waals surface area contributed by atoms with Crippen LogP contribution >= 0.6 is 0 Å². The minimum absolute atomic E-state index is 0.0933. The average molecular weight is 259 g/mol. The minimum atomic E-state index is -0.434. The van der Waals surface area contributed by atoms with Gasteiger partial charge >= 0.3 is 5.63 Å². The number of anilines is 1. The molecule has 4 nitrogen and oxygen atoms in total. The number of benzene rings is 1. The molecule has 0 fully saturated rings. The van der Waals surface area contributed by atoms with Crippen molar-refractivity contribution in [1.29, 1.82) is 0 Å².